The molecule has 1 atom stereocenters. The Kier molecular flexibility index (Phi) is 4.98. The van der Waals surface area contributed by atoms with Crippen LogP contribution >= 0.6 is 11.6 Å². The van der Waals surface area contributed by atoms with Crippen molar-refractivity contribution in [1.29, 1.82) is 0 Å². The highest BCUT2D eigenvalue weighted by Gasteiger charge is 2.40. The average molecular weight is 336 g/mol. The molecule has 1 saturated heterocycles. The van der Waals surface area contributed by atoms with Crippen molar-refractivity contribution in [1.82, 2.24) is 4.90 Å². The molecule has 4 heteroatoms. The number of nitrogens with zero attached hydrogens (tertiary/aromatic N) is 1. The second-order valence-corrected chi connectivity index (χ2v) is 7.83. The number of hydrogen-bond acceptors (Lipinski definition) is 2. The Hall–Kier alpha value is -1.06. The Morgan fingerprint density at radius 1 is 1.22 bits per heavy atom. The molecule has 23 heavy (non-hydrogen) atoms. The van der Waals surface area contributed by atoms with Gasteiger partial charge < -0.3 is 10.0 Å². The molecule has 1 heterocycles. The minimum atomic E-state index is -0.466. The van der Waals surface area contributed by atoms with Crippen LogP contribution in [0.15, 0.2) is 24.3 Å². The van der Waals surface area contributed by atoms with Gasteiger partial charge in [0.15, 0.2) is 0 Å². The standard InChI is InChI=1S/C19H26ClNO2/c1-19(10-2-3-11-19)18(23)21-12-8-15(9-13-21)17(22)14-4-6-16(20)7-5-14/h4-7,15,17,22H,2-3,8-13H2,1H3. The Labute approximate surface area is 143 Å². The zero-order valence-corrected chi connectivity index (χ0v) is 14.6. The van der Waals surface area contributed by atoms with Crippen molar-refractivity contribution < 1.29 is 9.90 Å². The molecule has 1 aliphatic carbocycles. The molecule has 1 amide bonds. The number of rotatable bonds is 3. The fraction of sp³-hybridized carbons (Fsp3) is 0.632. The molecule has 0 bridgehead atoms. The first kappa shape index (κ1) is 16.8. The molecule has 0 aromatic heterocycles. The molecule has 2 aliphatic rings. The molecule has 126 valence electrons. The highest BCUT2D eigenvalue weighted by atomic mass is 35.5. The number of piperidine rings is 1. The molecule has 1 aliphatic heterocycles. The lowest BCUT2D eigenvalue weighted by Gasteiger charge is -2.38. The normalized spacial score (nSPS) is 23.0. The van der Waals surface area contributed by atoms with Crippen molar-refractivity contribution in [2.45, 2.75) is 51.6 Å². The third-order valence-electron chi connectivity index (χ3n) is 5.71. The highest BCUT2D eigenvalue weighted by Crippen LogP contribution is 2.40. The van der Waals surface area contributed by atoms with Crippen LogP contribution in [-0.4, -0.2) is 29.0 Å². The Bertz CT molecular complexity index is 543. The summed E-state index contributed by atoms with van der Waals surface area (Å²) in [6, 6.07) is 7.42. The monoisotopic (exact) mass is 335 g/mol. The van der Waals surface area contributed by atoms with Crippen molar-refractivity contribution >= 4 is 17.5 Å². The van der Waals surface area contributed by atoms with E-state index in [-0.39, 0.29) is 11.3 Å². The van der Waals surface area contributed by atoms with Gasteiger partial charge in [0, 0.05) is 23.5 Å². The van der Waals surface area contributed by atoms with E-state index in [4.69, 9.17) is 11.6 Å². The summed E-state index contributed by atoms with van der Waals surface area (Å²) in [6.45, 7) is 3.66. The van der Waals surface area contributed by atoms with Gasteiger partial charge in [-0.15, -0.1) is 0 Å². The topological polar surface area (TPSA) is 40.5 Å². The van der Waals surface area contributed by atoms with E-state index in [1.807, 2.05) is 29.2 Å². The first-order valence-corrected chi connectivity index (χ1v) is 9.10. The molecule has 1 aromatic carbocycles. The van der Waals surface area contributed by atoms with Gasteiger partial charge >= 0.3 is 0 Å². The lowest BCUT2D eigenvalue weighted by atomic mass is 9.84. The maximum atomic E-state index is 12.8. The second kappa shape index (κ2) is 6.82. The number of aliphatic hydroxyl groups excluding tert-OH is 1. The van der Waals surface area contributed by atoms with Gasteiger partial charge in [0.2, 0.25) is 5.91 Å². The fourth-order valence-corrected chi connectivity index (χ4v) is 4.23. The van der Waals surface area contributed by atoms with E-state index in [1.54, 1.807) is 0 Å². The zero-order chi connectivity index (χ0) is 16.4. The van der Waals surface area contributed by atoms with Crippen LogP contribution in [-0.2, 0) is 4.79 Å². The number of halogens is 1. The zero-order valence-electron chi connectivity index (χ0n) is 13.8. The summed E-state index contributed by atoms with van der Waals surface area (Å²) in [5.74, 6) is 0.547. The van der Waals surface area contributed by atoms with E-state index in [1.165, 1.54) is 12.8 Å². The number of benzene rings is 1. The summed E-state index contributed by atoms with van der Waals surface area (Å²) in [5, 5.41) is 11.3. The SMILES string of the molecule is CC1(C(=O)N2CCC(C(O)c3ccc(Cl)cc3)CC2)CCCC1. The van der Waals surface area contributed by atoms with Crippen molar-refractivity contribution in [3.63, 3.8) is 0 Å². The van der Waals surface area contributed by atoms with Crippen LogP contribution in [0.4, 0.5) is 0 Å². The largest absolute Gasteiger partial charge is 0.388 e. The summed E-state index contributed by atoms with van der Waals surface area (Å²) in [7, 11) is 0. The fourth-order valence-electron chi connectivity index (χ4n) is 4.10. The number of amides is 1. The van der Waals surface area contributed by atoms with Crippen LogP contribution in [0.1, 0.15) is 57.1 Å². The van der Waals surface area contributed by atoms with Crippen LogP contribution in [0, 0.1) is 11.3 Å². The van der Waals surface area contributed by atoms with Crippen LogP contribution in [0.5, 0.6) is 0 Å². The van der Waals surface area contributed by atoms with Crippen LogP contribution < -0.4 is 0 Å². The van der Waals surface area contributed by atoms with Crippen LogP contribution in [0.25, 0.3) is 0 Å². The maximum absolute atomic E-state index is 12.8. The van der Waals surface area contributed by atoms with E-state index in [9.17, 15) is 9.90 Å². The minimum Gasteiger partial charge on any atom is -0.388 e. The van der Waals surface area contributed by atoms with E-state index in [0.29, 0.717) is 10.9 Å². The minimum absolute atomic E-state index is 0.137. The van der Waals surface area contributed by atoms with Crippen LogP contribution in [0.2, 0.25) is 5.02 Å². The smallest absolute Gasteiger partial charge is 0.228 e. The van der Waals surface area contributed by atoms with Gasteiger partial charge in [-0.05, 0) is 49.3 Å². The summed E-state index contributed by atoms with van der Waals surface area (Å²) in [5.41, 5.74) is 0.781. The predicted molar refractivity (Wildman–Crippen MR) is 92.3 cm³/mol. The van der Waals surface area contributed by atoms with Crippen molar-refractivity contribution in [3.05, 3.63) is 34.9 Å². The Morgan fingerprint density at radius 2 is 1.78 bits per heavy atom. The van der Waals surface area contributed by atoms with Gasteiger partial charge in [-0.2, -0.15) is 0 Å². The summed E-state index contributed by atoms with van der Waals surface area (Å²) in [4.78, 5) is 14.8. The molecular weight excluding hydrogens is 310 g/mol. The average Bonchev–Trinajstić information content (AvgIpc) is 3.02. The van der Waals surface area contributed by atoms with Crippen molar-refractivity contribution in [3.8, 4) is 0 Å². The van der Waals surface area contributed by atoms with Crippen molar-refractivity contribution in [2.24, 2.45) is 11.3 Å². The third kappa shape index (κ3) is 3.56. The van der Waals surface area contributed by atoms with Gasteiger partial charge in [-0.1, -0.05) is 43.5 Å². The number of aliphatic hydroxyl groups is 1. The molecule has 1 N–H and O–H groups in total. The van der Waals surface area contributed by atoms with Gasteiger partial charge in [-0.25, -0.2) is 0 Å². The molecule has 2 fully saturated rings. The number of hydrogen-bond donors (Lipinski definition) is 1. The number of likely N-dealkylation sites (tertiary alicyclic amines) is 1. The molecule has 0 radical (unpaired) electrons. The second-order valence-electron chi connectivity index (χ2n) is 7.39. The number of carbonyl (C=O) groups is 1. The van der Waals surface area contributed by atoms with Crippen molar-refractivity contribution in [2.75, 3.05) is 13.1 Å². The summed E-state index contributed by atoms with van der Waals surface area (Å²) >= 11 is 5.91. The number of carbonyl (C=O) groups excluding carboxylic acids is 1. The molecule has 3 rings (SSSR count). The van der Waals surface area contributed by atoms with Gasteiger partial charge in [-0.3, -0.25) is 4.79 Å². The van der Waals surface area contributed by atoms with Gasteiger partial charge in [0.05, 0.1) is 6.10 Å². The van der Waals surface area contributed by atoms with E-state index >= 15 is 0 Å². The molecule has 0 spiro atoms. The van der Waals surface area contributed by atoms with Crippen LogP contribution in [0.3, 0.4) is 0 Å². The molecule has 1 saturated carbocycles. The first-order valence-electron chi connectivity index (χ1n) is 8.72. The molecule has 1 aromatic rings. The lowest BCUT2D eigenvalue weighted by molar-refractivity contribution is -0.143. The van der Waals surface area contributed by atoms with E-state index in [0.717, 1.165) is 44.3 Å². The van der Waals surface area contributed by atoms with Gasteiger partial charge in [0.1, 0.15) is 0 Å². The Morgan fingerprint density at radius 3 is 2.35 bits per heavy atom. The van der Waals surface area contributed by atoms with Gasteiger partial charge in [0.25, 0.3) is 0 Å². The third-order valence-corrected chi connectivity index (χ3v) is 5.96. The quantitative estimate of drug-likeness (QED) is 0.899. The molecular formula is C19H26ClNO2. The first-order chi connectivity index (χ1) is 11.0. The lowest BCUT2D eigenvalue weighted by Crippen LogP contribution is -2.45. The highest BCUT2D eigenvalue weighted by molar-refractivity contribution is 6.30. The summed E-state index contributed by atoms with van der Waals surface area (Å²) in [6.07, 6.45) is 5.67. The predicted octanol–water partition coefficient (Wildman–Crippen LogP) is 4.19. The molecule has 3 nitrogen and oxygen atoms in total. The van der Waals surface area contributed by atoms with E-state index in [2.05, 4.69) is 6.92 Å². The van der Waals surface area contributed by atoms with E-state index < -0.39 is 6.10 Å². The molecule has 1 unspecified atom stereocenters. The maximum Gasteiger partial charge on any atom is 0.228 e. The Balaban J connectivity index is 1.57. The summed E-state index contributed by atoms with van der Waals surface area (Å²) < 4.78 is 0.